The van der Waals surface area contributed by atoms with E-state index in [9.17, 15) is 24.9 Å². The lowest BCUT2D eigenvalue weighted by atomic mass is 9.81. The van der Waals surface area contributed by atoms with E-state index in [4.69, 9.17) is 9.47 Å². The molecule has 1 aliphatic heterocycles. The number of allylic oxidation sites excluding steroid dienone is 3. The first-order valence-corrected chi connectivity index (χ1v) is 16.2. The van der Waals surface area contributed by atoms with E-state index in [1.807, 2.05) is 79.7 Å². The molecule has 0 unspecified atom stereocenters. The van der Waals surface area contributed by atoms with Gasteiger partial charge in [-0.15, -0.1) is 0 Å². The number of aliphatic hydroxyl groups is 3. The highest BCUT2D eigenvalue weighted by Crippen LogP contribution is 2.29. The summed E-state index contributed by atoms with van der Waals surface area (Å²) >= 11 is 0. The van der Waals surface area contributed by atoms with Crippen LogP contribution in [0.15, 0.2) is 60.3 Å². The molecule has 4 N–H and O–H groups in total. The molecule has 1 amide bonds. The summed E-state index contributed by atoms with van der Waals surface area (Å²) in [4.78, 5) is 24.3. The van der Waals surface area contributed by atoms with Crippen LogP contribution in [0.4, 0.5) is 4.79 Å². The van der Waals surface area contributed by atoms with E-state index in [0.29, 0.717) is 25.0 Å². The van der Waals surface area contributed by atoms with Gasteiger partial charge in [0.05, 0.1) is 18.3 Å². The predicted molar refractivity (Wildman–Crippen MR) is 177 cm³/mol. The fourth-order valence-corrected chi connectivity index (χ4v) is 5.79. The minimum Gasteiger partial charge on any atom is -0.458 e. The lowest BCUT2D eigenvalue weighted by Crippen LogP contribution is -2.42. The number of carbonyl (C=O) groups excluding carboxylic acids is 2. The molecular formula is C36H59NO7. The van der Waals surface area contributed by atoms with Gasteiger partial charge in [0.2, 0.25) is 0 Å². The Morgan fingerprint density at radius 1 is 1.07 bits per heavy atom. The Labute approximate surface area is 266 Å². The van der Waals surface area contributed by atoms with Crippen LogP contribution in [0, 0.1) is 35.5 Å². The van der Waals surface area contributed by atoms with E-state index in [1.54, 1.807) is 25.2 Å². The third-order valence-corrected chi connectivity index (χ3v) is 8.53. The van der Waals surface area contributed by atoms with Crippen molar-refractivity contribution >= 4 is 12.1 Å². The normalized spacial score (nSPS) is 24.0. The monoisotopic (exact) mass is 617 g/mol. The SMILES string of the molecule is C=C/C=C\[C@H](C)[C@H](OC(=O)NCCC)[C@@H](C)[C@H](O)[C@@H](C)C/C(C)=C\[C@H](C)[C@@H](O)[C@@H](C)/C=C\[C@@H](O)C[C@@H]1OC(=O)C(C)=C[C@H]1C. The molecule has 11 atom stereocenters. The molecule has 1 rings (SSSR count). The van der Waals surface area contributed by atoms with Crippen LogP contribution in [0.3, 0.4) is 0 Å². The summed E-state index contributed by atoms with van der Waals surface area (Å²) in [5.41, 5.74) is 1.63. The largest absolute Gasteiger partial charge is 0.458 e. The van der Waals surface area contributed by atoms with Crippen LogP contribution in [0.5, 0.6) is 0 Å². The Kier molecular flexibility index (Phi) is 17.6. The molecule has 0 saturated carbocycles. The second-order valence-corrected chi connectivity index (χ2v) is 12.9. The van der Waals surface area contributed by atoms with Crippen LogP contribution in [0.25, 0.3) is 0 Å². The fourth-order valence-electron chi connectivity index (χ4n) is 5.79. The van der Waals surface area contributed by atoms with E-state index < -0.39 is 30.5 Å². The van der Waals surface area contributed by atoms with Gasteiger partial charge in [0.15, 0.2) is 0 Å². The second-order valence-electron chi connectivity index (χ2n) is 12.9. The molecule has 8 heteroatoms. The van der Waals surface area contributed by atoms with Crippen molar-refractivity contribution in [2.24, 2.45) is 35.5 Å². The van der Waals surface area contributed by atoms with Gasteiger partial charge in [-0.05, 0) is 32.6 Å². The summed E-state index contributed by atoms with van der Waals surface area (Å²) in [7, 11) is 0. The number of rotatable bonds is 18. The van der Waals surface area contributed by atoms with Crippen molar-refractivity contribution in [1.82, 2.24) is 5.32 Å². The molecule has 8 nitrogen and oxygen atoms in total. The summed E-state index contributed by atoms with van der Waals surface area (Å²) in [5.74, 6) is -1.28. The number of nitrogens with one attached hydrogen (secondary N) is 1. The van der Waals surface area contributed by atoms with Gasteiger partial charge < -0.3 is 30.1 Å². The predicted octanol–water partition coefficient (Wildman–Crippen LogP) is 6.29. The van der Waals surface area contributed by atoms with Gasteiger partial charge in [-0.25, -0.2) is 9.59 Å². The van der Waals surface area contributed by atoms with Crippen molar-refractivity contribution in [2.45, 2.75) is 112 Å². The summed E-state index contributed by atoms with van der Waals surface area (Å²) in [5, 5.41) is 35.6. The van der Waals surface area contributed by atoms with E-state index in [1.165, 1.54) is 0 Å². The fraction of sp³-hybridized carbons (Fsp3) is 0.667. The highest BCUT2D eigenvalue weighted by Gasteiger charge is 2.34. The van der Waals surface area contributed by atoms with E-state index >= 15 is 0 Å². The average Bonchev–Trinajstić information content (AvgIpc) is 2.97. The Bertz CT molecular complexity index is 1030. The highest BCUT2D eigenvalue weighted by molar-refractivity contribution is 5.88. The molecule has 250 valence electrons. The topological polar surface area (TPSA) is 125 Å². The quantitative estimate of drug-likeness (QED) is 0.0810. The number of alkyl carbamates (subject to hydrolysis) is 1. The lowest BCUT2D eigenvalue weighted by Gasteiger charge is -2.34. The third kappa shape index (κ3) is 13.1. The zero-order valence-corrected chi connectivity index (χ0v) is 28.4. The van der Waals surface area contributed by atoms with Gasteiger partial charge in [0, 0.05) is 48.1 Å². The summed E-state index contributed by atoms with van der Waals surface area (Å²) in [6, 6.07) is 0. The van der Waals surface area contributed by atoms with E-state index in [0.717, 1.165) is 12.0 Å². The van der Waals surface area contributed by atoms with Gasteiger partial charge >= 0.3 is 12.1 Å². The van der Waals surface area contributed by atoms with Gasteiger partial charge in [-0.3, -0.25) is 0 Å². The Hall–Kier alpha value is -2.68. The van der Waals surface area contributed by atoms with E-state index in [2.05, 4.69) is 11.9 Å². The number of ether oxygens (including phenoxy) is 2. The van der Waals surface area contributed by atoms with E-state index in [-0.39, 0.29) is 47.6 Å². The molecule has 0 saturated heterocycles. The van der Waals surface area contributed by atoms with Crippen LogP contribution in [-0.4, -0.2) is 64.4 Å². The van der Waals surface area contributed by atoms with Crippen LogP contribution in [0.2, 0.25) is 0 Å². The lowest BCUT2D eigenvalue weighted by molar-refractivity contribution is -0.149. The van der Waals surface area contributed by atoms with Crippen molar-refractivity contribution in [2.75, 3.05) is 6.54 Å². The Morgan fingerprint density at radius 3 is 2.34 bits per heavy atom. The first-order chi connectivity index (χ1) is 20.6. The zero-order chi connectivity index (χ0) is 33.6. The number of carbonyl (C=O) groups is 2. The smallest absolute Gasteiger partial charge is 0.407 e. The maximum atomic E-state index is 12.4. The van der Waals surface area contributed by atoms with Crippen molar-refractivity contribution in [3.63, 3.8) is 0 Å². The number of hydrogen-bond acceptors (Lipinski definition) is 7. The number of cyclic esters (lactones) is 1. The maximum Gasteiger partial charge on any atom is 0.407 e. The summed E-state index contributed by atoms with van der Waals surface area (Å²) in [6.45, 7) is 21.6. The average molecular weight is 618 g/mol. The minimum absolute atomic E-state index is 0.0250. The zero-order valence-electron chi connectivity index (χ0n) is 28.4. The molecular weight excluding hydrogens is 558 g/mol. The molecule has 0 aliphatic carbocycles. The van der Waals surface area contributed by atoms with Gasteiger partial charge in [0.1, 0.15) is 12.2 Å². The first-order valence-electron chi connectivity index (χ1n) is 16.2. The standard InChI is InChI=1S/C36H59NO7/c1-11-13-14-24(5)34(44-36(42)37-17-12-2)29(10)33(40)27(8)19-22(3)18-26(7)32(39)23(4)15-16-30(38)21-31-25(6)20-28(9)35(41)43-31/h11,13-16,18,20,23-27,29-34,38-40H,1,12,17,19,21H2,2-10H3,(H,37,42)/b14-13-,16-15-,22-18-/t23-,24-,25+,26-,27-,29-,30+,31-,32-,33+,34-/m0/s1. The van der Waals surface area contributed by atoms with Crippen molar-refractivity contribution in [3.05, 3.63) is 60.3 Å². The number of esters is 1. The van der Waals surface area contributed by atoms with Crippen LogP contribution >= 0.6 is 0 Å². The van der Waals surface area contributed by atoms with Crippen LogP contribution in [0.1, 0.15) is 81.6 Å². The molecule has 0 aromatic heterocycles. The van der Waals surface area contributed by atoms with Gasteiger partial charge in [-0.1, -0.05) is 103 Å². The molecule has 0 spiro atoms. The Morgan fingerprint density at radius 2 is 1.73 bits per heavy atom. The Balaban J connectivity index is 2.80. The number of amides is 1. The van der Waals surface area contributed by atoms with Crippen LogP contribution < -0.4 is 5.32 Å². The molecule has 0 aromatic rings. The van der Waals surface area contributed by atoms with Crippen LogP contribution in [-0.2, 0) is 14.3 Å². The van der Waals surface area contributed by atoms with Crippen molar-refractivity contribution in [3.8, 4) is 0 Å². The molecule has 0 radical (unpaired) electrons. The number of hydrogen-bond donors (Lipinski definition) is 4. The first kappa shape index (κ1) is 39.3. The maximum absolute atomic E-state index is 12.4. The molecule has 1 heterocycles. The van der Waals surface area contributed by atoms with Crippen molar-refractivity contribution in [1.29, 1.82) is 0 Å². The molecule has 0 fully saturated rings. The summed E-state index contributed by atoms with van der Waals surface area (Å²) in [6.07, 6.45) is 10.9. The minimum atomic E-state index is -0.797. The summed E-state index contributed by atoms with van der Waals surface area (Å²) < 4.78 is 11.2. The van der Waals surface area contributed by atoms with Gasteiger partial charge in [0.25, 0.3) is 0 Å². The third-order valence-electron chi connectivity index (χ3n) is 8.53. The van der Waals surface area contributed by atoms with Gasteiger partial charge in [-0.2, -0.15) is 0 Å². The molecule has 0 bridgehead atoms. The van der Waals surface area contributed by atoms with Crippen molar-refractivity contribution < 1.29 is 34.4 Å². The highest BCUT2D eigenvalue weighted by atomic mass is 16.6. The molecule has 1 aliphatic rings. The second kappa shape index (κ2) is 19.7. The number of aliphatic hydroxyl groups excluding tert-OH is 3. The molecule has 0 aromatic carbocycles. The molecule has 44 heavy (non-hydrogen) atoms.